The monoisotopic (exact) mass is 272 g/mol. The Bertz CT molecular complexity index is 295. The van der Waals surface area contributed by atoms with Gasteiger partial charge in [-0.25, -0.2) is 0 Å². The van der Waals surface area contributed by atoms with Crippen molar-refractivity contribution in [1.82, 2.24) is 0 Å². The van der Waals surface area contributed by atoms with Crippen molar-refractivity contribution < 1.29 is 0 Å². The van der Waals surface area contributed by atoms with Gasteiger partial charge in [-0.3, -0.25) is 0 Å². The second-order valence-corrected chi connectivity index (χ2v) is 12.7. The molecule has 0 aliphatic heterocycles. The van der Waals surface area contributed by atoms with Gasteiger partial charge in [0.25, 0.3) is 0 Å². The summed E-state index contributed by atoms with van der Waals surface area (Å²) < 4.78 is 0. The summed E-state index contributed by atoms with van der Waals surface area (Å²) in [4.78, 5) is 1.32. The highest BCUT2D eigenvalue weighted by atomic mass is 35.5. The van der Waals surface area contributed by atoms with E-state index in [1.807, 2.05) is 17.8 Å². The lowest BCUT2D eigenvalue weighted by Crippen LogP contribution is -2.21. The molecule has 90 valence electrons. The highest BCUT2D eigenvalue weighted by Gasteiger charge is 2.15. The van der Waals surface area contributed by atoms with Crippen molar-refractivity contribution in [2.45, 2.75) is 42.4 Å². The molecule has 0 amide bonds. The molecule has 0 saturated carbocycles. The molecule has 16 heavy (non-hydrogen) atoms. The highest BCUT2D eigenvalue weighted by molar-refractivity contribution is 7.99. The van der Waals surface area contributed by atoms with Crippen molar-refractivity contribution in [3.63, 3.8) is 0 Å². The van der Waals surface area contributed by atoms with Crippen LogP contribution in [0.15, 0.2) is 35.2 Å². The number of hydrogen-bond donors (Lipinski definition) is 0. The van der Waals surface area contributed by atoms with Gasteiger partial charge in [0.15, 0.2) is 0 Å². The standard InChI is InChI=1S/C13H21ClSSi/c1-16(2,3)10-9-12(14)11-15-13-7-5-4-6-8-13/h4-8,12H,9-11H2,1-3H3. The molecule has 0 aliphatic rings. The molecule has 1 aromatic carbocycles. The van der Waals surface area contributed by atoms with Crippen LogP contribution in [0.5, 0.6) is 0 Å². The lowest BCUT2D eigenvalue weighted by molar-refractivity contribution is 0.887. The average Bonchev–Trinajstić information content (AvgIpc) is 2.24. The summed E-state index contributed by atoms with van der Waals surface area (Å²) in [6, 6.07) is 11.8. The molecule has 0 N–H and O–H groups in total. The maximum absolute atomic E-state index is 6.34. The normalized spacial score (nSPS) is 13.8. The van der Waals surface area contributed by atoms with Gasteiger partial charge in [0, 0.05) is 24.1 Å². The summed E-state index contributed by atoms with van der Waals surface area (Å²) in [5, 5.41) is 0.317. The van der Waals surface area contributed by atoms with E-state index >= 15 is 0 Å². The van der Waals surface area contributed by atoms with Gasteiger partial charge in [-0.15, -0.1) is 23.4 Å². The summed E-state index contributed by atoms with van der Waals surface area (Å²) in [7, 11) is -0.922. The van der Waals surface area contributed by atoms with Gasteiger partial charge in [-0.05, 0) is 18.6 Å². The molecule has 0 spiro atoms. The van der Waals surface area contributed by atoms with E-state index < -0.39 is 8.07 Å². The fraction of sp³-hybridized carbons (Fsp3) is 0.538. The first-order valence-corrected chi connectivity index (χ1v) is 10.9. The molecule has 1 atom stereocenters. The molecule has 1 rings (SSSR count). The molecule has 0 heterocycles. The van der Waals surface area contributed by atoms with Gasteiger partial charge < -0.3 is 0 Å². The van der Waals surface area contributed by atoms with Crippen LogP contribution in [0, 0.1) is 0 Å². The van der Waals surface area contributed by atoms with Crippen LogP contribution < -0.4 is 0 Å². The zero-order valence-electron chi connectivity index (χ0n) is 10.4. The Hall–Kier alpha value is 0.0769. The zero-order valence-corrected chi connectivity index (χ0v) is 12.9. The van der Waals surface area contributed by atoms with Gasteiger partial charge in [0.2, 0.25) is 0 Å². The van der Waals surface area contributed by atoms with Crippen LogP contribution in [0.25, 0.3) is 0 Å². The topological polar surface area (TPSA) is 0 Å². The lowest BCUT2D eigenvalue weighted by Gasteiger charge is -2.17. The van der Waals surface area contributed by atoms with Crippen LogP contribution in [0.4, 0.5) is 0 Å². The molecule has 0 fully saturated rings. The zero-order chi connectivity index (χ0) is 12.0. The third kappa shape index (κ3) is 6.61. The van der Waals surface area contributed by atoms with E-state index in [4.69, 9.17) is 11.6 Å². The Morgan fingerprint density at radius 2 is 1.81 bits per heavy atom. The molecule has 0 saturated heterocycles. The number of halogens is 1. The molecule has 1 unspecified atom stereocenters. The quantitative estimate of drug-likeness (QED) is 0.394. The molecule has 0 aromatic heterocycles. The van der Waals surface area contributed by atoms with Crippen molar-refractivity contribution in [3.8, 4) is 0 Å². The SMILES string of the molecule is C[Si](C)(C)CCC(Cl)CSc1ccccc1. The third-order valence-electron chi connectivity index (χ3n) is 2.38. The van der Waals surface area contributed by atoms with E-state index in [-0.39, 0.29) is 0 Å². The van der Waals surface area contributed by atoms with Crippen LogP contribution >= 0.6 is 23.4 Å². The van der Waals surface area contributed by atoms with E-state index in [0.29, 0.717) is 5.38 Å². The van der Waals surface area contributed by atoms with Crippen molar-refractivity contribution >= 4 is 31.4 Å². The molecule has 0 radical (unpaired) electrons. The van der Waals surface area contributed by atoms with Crippen LogP contribution in [0.2, 0.25) is 25.7 Å². The summed E-state index contributed by atoms with van der Waals surface area (Å²) in [5.74, 6) is 1.02. The summed E-state index contributed by atoms with van der Waals surface area (Å²) in [5.41, 5.74) is 0. The third-order valence-corrected chi connectivity index (χ3v) is 5.90. The van der Waals surface area contributed by atoms with E-state index in [1.54, 1.807) is 0 Å². The summed E-state index contributed by atoms with van der Waals surface area (Å²) in [6.45, 7) is 7.21. The second-order valence-electron chi connectivity index (χ2n) is 5.32. The number of thioether (sulfide) groups is 1. The molecule has 0 nitrogen and oxygen atoms in total. The molecular weight excluding hydrogens is 252 g/mol. The van der Waals surface area contributed by atoms with Gasteiger partial charge in [0.05, 0.1) is 0 Å². The van der Waals surface area contributed by atoms with E-state index in [9.17, 15) is 0 Å². The molecule has 3 heteroatoms. The Balaban J connectivity index is 2.23. The lowest BCUT2D eigenvalue weighted by atomic mass is 10.4. The largest absolute Gasteiger partial charge is 0.125 e. The Morgan fingerprint density at radius 1 is 1.19 bits per heavy atom. The maximum atomic E-state index is 6.34. The van der Waals surface area contributed by atoms with Gasteiger partial charge in [-0.1, -0.05) is 43.9 Å². The summed E-state index contributed by atoms with van der Waals surface area (Å²) in [6.07, 6.45) is 1.16. The van der Waals surface area contributed by atoms with E-state index in [2.05, 4.69) is 43.9 Å². The molecule has 1 aromatic rings. The average molecular weight is 273 g/mol. The number of benzene rings is 1. The maximum Gasteiger partial charge on any atom is 0.0443 e. The van der Waals surface area contributed by atoms with Crippen molar-refractivity contribution in [1.29, 1.82) is 0 Å². The number of hydrogen-bond acceptors (Lipinski definition) is 1. The number of rotatable bonds is 6. The fourth-order valence-electron chi connectivity index (χ4n) is 1.38. The number of alkyl halides is 1. The van der Waals surface area contributed by atoms with Gasteiger partial charge >= 0.3 is 0 Å². The Kier molecular flexibility index (Phi) is 5.94. The van der Waals surface area contributed by atoms with Gasteiger partial charge in [0.1, 0.15) is 0 Å². The van der Waals surface area contributed by atoms with Crippen LogP contribution in [0.1, 0.15) is 6.42 Å². The van der Waals surface area contributed by atoms with E-state index in [1.165, 1.54) is 10.9 Å². The minimum atomic E-state index is -0.922. The predicted octanol–water partition coefficient (Wildman–Crippen LogP) is 5.11. The fourth-order valence-corrected chi connectivity index (χ4v) is 3.96. The molecular formula is C13H21ClSSi. The van der Waals surface area contributed by atoms with Crippen molar-refractivity contribution in [2.24, 2.45) is 0 Å². The van der Waals surface area contributed by atoms with Crippen molar-refractivity contribution in [3.05, 3.63) is 30.3 Å². The van der Waals surface area contributed by atoms with E-state index in [0.717, 1.165) is 12.2 Å². The first kappa shape index (κ1) is 14.1. The van der Waals surface area contributed by atoms with Crippen LogP contribution in [0.3, 0.4) is 0 Å². The van der Waals surface area contributed by atoms with Crippen LogP contribution in [-0.4, -0.2) is 19.2 Å². The minimum Gasteiger partial charge on any atom is -0.125 e. The van der Waals surface area contributed by atoms with Crippen LogP contribution in [-0.2, 0) is 0 Å². The van der Waals surface area contributed by atoms with Gasteiger partial charge in [-0.2, -0.15) is 0 Å². The summed E-state index contributed by atoms with van der Waals surface area (Å²) >= 11 is 8.20. The minimum absolute atomic E-state index is 0.317. The van der Waals surface area contributed by atoms with Crippen molar-refractivity contribution in [2.75, 3.05) is 5.75 Å². The smallest absolute Gasteiger partial charge is 0.0443 e. The predicted molar refractivity (Wildman–Crippen MR) is 79.6 cm³/mol. The molecule has 0 bridgehead atoms. The Morgan fingerprint density at radius 3 is 2.38 bits per heavy atom. The highest BCUT2D eigenvalue weighted by Crippen LogP contribution is 2.23. The Labute approximate surface area is 110 Å². The second kappa shape index (κ2) is 6.73. The first-order chi connectivity index (χ1) is 7.47. The first-order valence-electron chi connectivity index (χ1n) is 5.79. The molecule has 0 aliphatic carbocycles.